The minimum absolute atomic E-state index is 0.0153. The summed E-state index contributed by atoms with van der Waals surface area (Å²) in [6, 6.07) is -0.547. The first-order valence-electron chi connectivity index (χ1n) is 36.4. The van der Waals surface area contributed by atoms with E-state index in [-0.39, 0.29) is 18.5 Å². The fraction of sp³-hybridized carbons (Fsp3) is 0.945. The average Bonchev–Trinajstić information content (AvgIpc) is 3.45. The van der Waals surface area contributed by atoms with E-state index >= 15 is 0 Å². The summed E-state index contributed by atoms with van der Waals surface area (Å²) in [5, 5.41) is 23.4. The van der Waals surface area contributed by atoms with Gasteiger partial charge in [-0.05, 0) is 51.4 Å². The number of esters is 1. The van der Waals surface area contributed by atoms with Gasteiger partial charge in [-0.3, -0.25) is 9.59 Å². The molecule has 0 heterocycles. The standard InChI is InChI=1S/C73H143NO5/c1-3-5-7-9-11-13-15-17-19-21-22-23-24-27-30-34-37-41-45-49-53-57-61-65-71(76)70(69-75)74-72(77)66-62-58-54-50-46-42-38-35-31-28-25-26-29-32-36-40-44-48-52-56-60-64-68-79-73(78)67-63-59-55-51-47-43-39-33-20-18-16-14-12-10-8-6-4-2/h28,31,70-71,75-76H,3-27,29-30,32-69H2,1-2H3,(H,74,77)/b31-28-. The van der Waals surface area contributed by atoms with Crippen molar-refractivity contribution in [3.05, 3.63) is 12.2 Å². The van der Waals surface area contributed by atoms with Crippen molar-refractivity contribution in [3.63, 3.8) is 0 Å². The van der Waals surface area contributed by atoms with Crippen molar-refractivity contribution >= 4 is 11.9 Å². The van der Waals surface area contributed by atoms with Crippen LogP contribution >= 0.6 is 0 Å². The van der Waals surface area contributed by atoms with Crippen LogP contribution in [0.2, 0.25) is 0 Å². The van der Waals surface area contributed by atoms with Crippen LogP contribution in [0.25, 0.3) is 0 Å². The van der Waals surface area contributed by atoms with E-state index in [0.29, 0.717) is 25.9 Å². The van der Waals surface area contributed by atoms with Gasteiger partial charge in [0, 0.05) is 12.8 Å². The van der Waals surface area contributed by atoms with Crippen LogP contribution in [0.1, 0.15) is 418 Å². The van der Waals surface area contributed by atoms with Crippen molar-refractivity contribution in [1.82, 2.24) is 5.32 Å². The second kappa shape index (κ2) is 69.1. The summed E-state index contributed by atoms with van der Waals surface area (Å²) in [6.07, 6.45) is 85.5. The van der Waals surface area contributed by atoms with Crippen LogP contribution in [-0.2, 0) is 14.3 Å². The van der Waals surface area contributed by atoms with Gasteiger partial charge in [0.2, 0.25) is 5.91 Å². The van der Waals surface area contributed by atoms with Gasteiger partial charge in [-0.1, -0.05) is 366 Å². The van der Waals surface area contributed by atoms with Crippen LogP contribution in [0.4, 0.5) is 0 Å². The third kappa shape index (κ3) is 65.6. The lowest BCUT2D eigenvalue weighted by atomic mass is 10.0. The van der Waals surface area contributed by atoms with Crippen LogP contribution in [0.3, 0.4) is 0 Å². The zero-order valence-electron chi connectivity index (χ0n) is 53.9. The molecule has 0 spiro atoms. The quantitative estimate of drug-likeness (QED) is 0.0320. The van der Waals surface area contributed by atoms with E-state index in [4.69, 9.17) is 4.74 Å². The Bertz CT molecular complexity index is 1190. The average molecular weight is 1110 g/mol. The molecule has 0 bridgehead atoms. The summed E-state index contributed by atoms with van der Waals surface area (Å²) < 4.78 is 5.50. The molecule has 470 valence electrons. The molecular formula is C73H143NO5. The van der Waals surface area contributed by atoms with Crippen molar-refractivity contribution in [3.8, 4) is 0 Å². The highest BCUT2D eigenvalue weighted by molar-refractivity contribution is 5.76. The molecule has 0 saturated heterocycles. The number of nitrogens with one attached hydrogen (secondary N) is 1. The minimum Gasteiger partial charge on any atom is -0.466 e. The van der Waals surface area contributed by atoms with E-state index in [9.17, 15) is 19.8 Å². The number of allylic oxidation sites excluding steroid dienone is 2. The smallest absolute Gasteiger partial charge is 0.305 e. The number of hydrogen-bond acceptors (Lipinski definition) is 5. The second-order valence-electron chi connectivity index (χ2n) is 25.3. The van der Waals surface area contributed by atoms with Gasteiger partial charge in [-0.2, -0.15) is 0 Å². The summed E-state index contributed by atoms with van der Waals surface area (Å²) in [7, 11) is 0. The topological polar surface area (TPSA) is 95.9 Å². The van der Waals surface area contributed by atoms with Gasteiger partial charge >= 0.3 is 5.97 Å². The molecule has 6 nitrogen and oxygen atoms in total. The molecule has 6 heteroatoms. The first-order chi connectivity index (χ1) is 39.0. The van der Waals surface area contributed by atoms with E-state index in [2.05, 4.69) is 31.3 Å². The van der Waals surface area contributed by atoms with Gasteiger partial charge in [0.15, 0.2) is 0 Å². The second-order valence-corrected chi connectivity index (χ2v) is 25.3. The molecule has 0 saturated carbocycles. The molecule has 0 aromatic heterocycles. The molecular weight excluding hydrogens is 971 g/mol. The third-order valence-electron chi connectivity index (χ3n) is 17.3. The number of carbonyl (C=O) groups is 2. The number of ether oxygens (including phenoxy) is 1. The lowest BCUT2D eigenvalue weighted by Crippen LogP contribution is -2.45. The Morgan fingerprint density at radius 3 is 0.899 bits per heavy atom. The summed E-state index contributed by atoms with van der Waals surface area (Å²) >= 11 is 0. The molecule has 0 aliphatic carbocycles. The Morgan fingerprint density at radius 2 is 0.595 bits per heavy atom. The molecule has 0 aromatic rings. The normalized spacial score (nSPS) is 12.5. The maximum atomic E-state index is 12.6. The van der Waals surface area contributed by atoms with Crippen molar-refractivity contribution < 1.29 is 24.5 Å². The lowest BCUT2D eigenvalue weighted by molar-refractivity contribution is -0.143. The summed E-state index contributed by atoms with van der Waals surface area (Å²) in [6.45, 7) is 5.00. The Hall–Kier alpha value is -1.40. The van der Waals surface area contributed by atoms with Crippen LogP contribution in [0.15, 0.2) is 12.2 Å². The van der Waals surface area contributed by atoms with Gasteiger partial charge in [0.1, 0.15) is 0 Å². The molecule has 79 heavy (non-hydrogen) atoms. The van der Waals surface area contributed by atoms with Crippen LogP contribution < -0.4 is 5.32 Å². The monoisotopic (exact) mass is 1110 g/mol. The number of rotatable bonds is 69. The van der Waals surface area contributed by atoms with Gasteiger partial charge < -0.3 is 20.3 Å². The number of aliphatic hydroxyl groups excluding tert-OH is 2. The van der Waals surface area contributed by atoms with Crippen molar-refractivity contribution in [2.75, 3.05) is 13.2 Å². The number of carbonyl (C=O) groups excluding carboxylic acids is 2. The van der Waals surface area contributed by atoms with E-state index in [1.165, 1.54) is 347 Å². The zero-order valence-corrected chi connectivity index (χ0v) is 53.9. The van der Waals surface area contributed by atoms with E-state index in [1.807, 2.05) is 0 Å². The summed E-state index contributed by atoms with van der Waals surface area (Å²) in [5.41, 5.74) is 0. The number of hydrogen-bond donors (Lipinski definition) is 3. The highest BCUT2D eigenvalue weighted by Crippen LogP contribution is 2.19. The largest absolute Gasteiger partial charge is 0.466 e. The first kappa shape index (κ1) is 77.6. The fourth-order valence-electron chi connectivity index (χ4n) is 11.8. The lowest BCUT2D eigenvalue weighted by Gasteiger charge is -2.22. The van der Waals surface area contributed by atoms with Gasteiger partial charge in [-0.15, -0.1) is 0 Å². The minimum atomic E-state index is -0.670. The number of aliphatic hydroxyl groups is 2. The molecule has 0 rings (SSSR count). The highest BCUT2D eigenvalue weighted by atomic mass is 16.5. The Morgan fingerprint density at radius 1 is 0.342 bits per heavy atom. The maximum Gasteiger partial charge on any atom is 0.305 e. The van der Waals surface area contributed by atoms with Crippen molar-refractivity contribution in [1.29, 1.82) is 0 Å². The molecule has 2 atom stereocenters. The molecule has 3 N–H and O–H groups in total. The first-order valence-corrected chi connectivity index (χ1v) is 36.4. The Labute approximate surface area is 495 Å². The predicted molar refractivity (Wildman–Crippen MR) is 347 cm³/mol. The third-order valence-corrected chi connectivity index (χ3v) is 17.3. The molecule has 0 aliphatic rings. The summed E-state index contributed by atoms with van der Waals surface area (Å²) in [4.78, 5) is 24.7. The van der Waals surface area contributed by atoms with E-state index in [0.717, 1.165) is 38.5 Å². The van der Waals surface area contributed by atoms with Crippen molar-refractivity contribution in [2.24, 2.45) is 0 Å². The summed E-state index contributed by atoms with van der Waals surface area (Å²) in [5.74, 6) is -0.0213. The van der Waals surface area contributed by atoms with Gasteiger partial charge in [-0.25, -0.2) is 0 Å². The fourth-order valence-corrected chi connectivity index (χ4v) is 11.8. The molecule has 2 unspecified atom stereocenters. The van der Waals surface area contributed by atoms with Crippen LogP contribution in [0.5, 0.6) is 0 Å². The Balaban J connectivity index is 3.39. The van der Waals surface area contributed by atoms with Crippen LogP contribution in [-0.4, -0.2) is 47.4 Å². The van der Waals surface area contributed by atoms with E-state index < -0.39 is 12.1 Å². The number of amides is 1. The van der Waals surface area contributed by atoms with E-state index in [1.54, 1.807) is 0 Å². The highest BCUT2D eigenvalue weighted by Gasteiger charge is 2.20. The van der Waals surface area contributed by atoms with Gasteiger partial charge in [0.05, 0.1) is 25.4 Å². The van der Waals surface area contributed by atoms with Gasteiger partial charge in [0.25, 0.3) is 0 Å². The van der Waals surface area contributed by atoms with Crippen LogP contribution in [0, 0.1) is 0 Å². The number of unbranched alkanes of at least 4 members (excludes halogenated alkanes) is 56. The maximum absolute atomic E-state index is 12.6. The molecule has 0 fully saturated rings. The molecule has 0 radical (unpaired) electrons. The van der Waals surface area contributed by atoms with Crippen molar-refractivity contribution in [2.45, 2.75) is 431 Å². The molecule has 0 aliphatic heterocycles. The Kier molecular flexibility index (Phi) is 67.9. The zero-order chi connectivity index (χ0) is 57.1. The molecule has 0 aromatic carbocycles. The SMILES string of the molecule is CCCCCCCCCCCCCCCCCCCCCCCCCC(O)C(CO)NC(=O)CCCCCCCCC/C=C\CCCCCCCCCCCCCOC(=O)CCCCCCCCCCCCCCCCCCC. The molecule has 1 amide bonds. The predicted octanol–water partition coefficient (Wildman–Crippen LogP) is 23.5.